The lowest BCUT2D eigenvalue weighted by molar-refractivity contribution is 0.629. The van der Waals surface area contributed by atoms with Gasteiger partial charge < -0.3 is 9.73 Å². The van der Waals surface area contributed by atoms with Gasteiger partial charge in [-0.25, -0.2) is 4.98 Å². The Labute approximate surface area is 105 Å². The van der Waals surface area contributed by atoms with Crippen LogP contribution in [0.3, 0.4) is 0 Å². The van der Waals surface area contributed by atoms with Gasteiger partial charge in [0.2, 0.25) is 0 Å². The molecule has 0 aliphatic rings. The van der Waals surface area contributed by atoms with Crippen molar-refractivity contribution in [1.29, 1.82) is 0 Å². The summed E-state index contributed by atoms with van der Waals surface area (Å²) in [7, 11) is 0. The first kappa shape index (κ1) is 10.8. The lowest BCUT2D eigenvalue weighted by Gasteiger charge is -2.02. The van der Waals surface area contributed by atoms with E-state index in [-0.39, 0.29) is 0 Å². The second-order valence-corrected chi connectivity index (χ2v) is 4.09. The van der Waals surface area contributed by atoms with Crippen LogP contribution < -0.4 is 5.32 Å². The van der Waals surface area contributed by atoms with Crippen LogP contribution in [0.25, 0.3) is 22.4 Å². The molecule has 0 spiro atoms. The van der Waals surface area contributed by atoms with Crippen molar-refractivity contribution in [3.05, 3.63) is 48.5 Å². The number of pyridine rings is 1. The highest BCUT2D eigenvalue weighted by Gasteiger charge is 2.07. The van der Waals surface area contributed by atoms with Gasteiger partial charge in [-0.2, -0.15) is 0 Å². The molecule has 3 rings (SSSR count). The Morgan fingerprint density at radius 2 is 2.00 bits per heavy atom. The van der Waals surface area contributed by atoms with Crippen molar-refractivity contribution in [2.75, 3.05) is 11.9 Å². The summed E-state index contributed by atoms with van der Waals surface area (Å²) in [6.45, 7) is 2.91. The molecule has 3 aromatic rings. The molecule has 1 N–H and O–H groups in total. The number of hydrogen-bond donors (Lipinski definition) is 1. The third kappa shape index (κ3) is 1.95. The Bertz CT molecular complexity index is 640. The molecule has 0 bridgehead atoms. The predicted molar refractivity (Wildman–Crippen MR) is 73.6 cm³/mol. The van der Waals surface area contributed by atoms with Gasteiger partial charge in [0, 0.05) is 11.9 Å². The standard InChI is InChI=1S/C15H14N2O/c1-2-16-15-9-5-7-12(17-15)14-10-11-6-3-4-8-13(11)18-14/h3-10H,2H2,1H3,(H,16,17). The molecule has 3 nitrogen and oxygen atoms in total. The maximum atomic E-state index is 5.80. The highest BCUT2D eigenvalue weighted by atomic mass is 16.3. The van der Waals surface area contributed by atoms with Crippen molar-refractivity contribution >= 4 is 16.8 Å². The van der Waals surface area contributed by atoms with Crippen LogP contribution in [0.4, 0.5) is 5.82 Å². The minimum absolute atomic E-state index is 0.802. The second-order valence-electron chi connectivity index (χ2n) is 4.09. The fourth-order valence-corrected chi connectivity index (χ4v) is 1.96. The number of anilines is 1. The number of nitrogens with zero attached hydrogens (tertiary/aromatic N) is 1. The summed E-state index contributed by atoms with van der Waals surface area (Å²) in [6, 6.07) is 15.9. The molecule has 2 aromatic heterocycles. The van der Waals surface area contributed by atoms with Crippen molar-refractivity contribution < 1.29 is 4.42 Å². The van der Waals surface area contributed by atoms with Crippen LogP contribution >= 0.6 is 0 Å². The fourth-order valence-electron chi connectivity index (χ4n) is 1.96. The molecule has 90 valence electrons. The van der Waals surface area contributed by atoms with Crippen LogP contribution in [0, 0.1) is 0 Å². The van der Waals surface area contributed by atoms with E-state index in [4.69, 9.17) is 4.42 Å². The Morgan fingerprint density at radius 3 is 2.83 bits per heavy atom. The zero-order chi connectivity index (χ0) is 12.4. The maximum Gasteiger partial charge on any atom is 0.153 e. The smallest absolute Gasteiger partial charge is 0.153 e. The molecule has 0 aliphatic heterocycles. The van der Waals surface area contributed by atoms with Crippen LogP contribution in [0.5, 0.6) is 0 Å². The van der Waals surface area contributed by atoms with Crippen molar-refractivity contribution in [3.8, 4) is 11.5 Å². The van der Waals surface area contributed by atoms with E-state index in [1.54, 1.807) is 0 Å². The highest BCUT2D eigenvalue weighted by molar-refractivity contribution is 5.82. The second kappa shape index (κ2) is 4.53. The quantitative estimate of drug-likeness (QED) is 0.751. The van der Waals surface area contributed by atoms with Gasteiger partial charge in [0.25, 0.3) is 0 Å². The highest BCUT2D eigenvalue weighted by Crippen LogP contribution is 2.26. The molecule has 18 heavy (non-hydrogen) atoms. The first-order chi connectivity index (χ1) is 8.86. The Balaban J connectivity index is 2.05. The molecule has 0 saturated heterocycles. The number of benzene rings is 1. The molecule has 0 radical (unpaired) electrons. The summed E-state index contributed by atoms with van der Waals surface area (Å²) >= 11 is 0. The Kier molecular flexibility index (Phi) is 2.73. The molecule has 0 atom stereocenters. The van der Waals surface area contributed by atoms with Crippen molar-refractivity contribution in [3.63, 3.8) is 0 Å². The van der Waals surface area contributed by atoms with Crippen molar-refractivity contribution in [2.45, 2.75) is 6.92 Å². The Morgan fingerprint density at radius 1 is 1.11 bits per heavy atom. The molecule has 0 aliphatic carbocycles. The monoisotopic (exact) mass is 238 g/mol. The van der Waals surface area contributed by atoms with Crippen molar-refractivity contribution in [1.82, 2.24) is 4.98 Å². The average molecular weight is 238 g/mol. The fraction of sp³-hybridized carbons (Fsp3) is 0.133. The van der Waals surface area contributed by atoms with Crippen LogP contribution in [0.1, 0.15) is 6.92 Å². The summed E-state index contributed by atoms with van der Waals surface area (Å²) in [5, 5.41) is 4.30. The number of rotatable bonds is 3. The number of aromatic nitrogens is 1. The lowest BCUT2D eigenvalue weighted by Crippen LogP contribution is -1.99. The molecular formula is C15H14N2O. The first-order valence-corrected chi connectivity index (χ1v) is 6.06. The number of fused-ring (bicyclic) bond motifs is 1. The number of furan rings is 1. The van der Waals surface area contributed by atoms with Gasteiger partial charge in [0.05, 0.1) is 0 Å². The molecule has 0 saturated carbocycles. The lowest BCUT2D eigenvalue weighted by atomic mass is 10.2. The van der Waals surface area contributed by atoms with Gasteiger partial charge >= 0.3 is 0 Å². The molecular weight excluding hydrogens is 224 g/mol. The van der Waals surface area contributed by atoms with E-state index in [2.05, 4.69) is 17.2 Å². The van der Waals surface area contributed by atoms with Crippen LogP contribution in [-0.2, 0) is 0 Å². The van der Waals surface area contributed by atoms with Gasteiger partial charge in [-0.05, 0) is 31.2 Å². The average Bonchev–Trinajstić information content (AvgIpc) is 2.83. The molecule has 0 unspecified atom stereocenters. The minimum Gasteiger partial charge on any atom is -0.454 e. The van der Waals surface area contributed by atoms with E-state index in [9.17, 15) is 0 Å². The summed E-state index contributed by atoms with van der Waals surface area (Å²) in [6.07, 6.45) is 0. The van der Waals surface area contributed by atoms with Gasteiger partial charge in [-0.15, -0.1) is 0 Å². The third-order valence-electron chi connectivity index (χ3n) is 2.78. The minimum atomic E-state index is 0.802. The van der Waals surface area contributed by atoms with E-state index >= 15 is 0 Å². The maximum absolute atomic E-state index is 5.80. The van der Waals surface area contributed by atoms with Gasteiger partial charge in [-0.1, -0.05) is 24.3 Å². The Hall–Kier alpha value is -2.29. The summed E-state index contributed by atoms with van der Waals surface area (Å²) < 4.78 is 5.80. The number of hydrogen-bond acceptors (Lipinski definition) is 3. The van der Waals surface area contributed by atoms with Crippen LogP contribution in [0.15, 0.2) is 52.9 Å². The molecule has 2 heterocycles. The van der Waals surface area contributed by atoms with E-state index < -0.39 is 0 Å². The van der Waals surface area contributed by atoms with E-state index in [1.807, 2.05) is 48.5 Å². The molecule has 3 heteroatoms. The van der Waals surface area contributed by atoms with Crippen molar-refractivity contribution in [2.24, 2.45) is 0 Å². The largest absolute Gasteiger partial charge is 0.454 e. The molecule has 1 aromatic carbocycles. The zero-order valence-electron chi connectivity index (χ0n) is 10.2. The summed E-state index contributed by atoms with van der Waals surface area (Å²) in [4.78, 5) is 4.52. The normalized spacial score (nSPS) is 10.7. The van der Waals surface area contributed by atoms with Gasteiger partial charge in [-0.3, -0.25) is 0 Å². The predicted octanol–water partition coefficient (Wildman–Crippen LogP) is 3.93. The topological polar surface area (TPSA) is 38.1 Å². The van der Waals surface area contributed by atoms with E-state index in [1.165, 1.54) is 0 Å². The van der Waals surface area contributed by atoms with Crippen LogP contribution in [0.2, 0.25) is 0 Å². The zero-order valence-corrected chi connectivity index (χ0v) is 10.2. The third-order valence-corrected chi connectivity index (χ3v) is 2.78. The molecule has 0 amide bonds. The first-order valence-electron chi connectivity index (χ1n) is 6.06. The van der Waals surface area contributed by atoms with E-state index in [0.717, 1.165) is 34.8 Å². The number of para-hydroxylation sites is 1. The SMILES string of the molecule is CCNc1cccc(-c2cc3ccccc3o2)n1. The van der Waals surface area contributed by atoms with Crippen LogP contribution in [-0.4, -0.2) is 11.5 Å². The van der Waals surface area contributed by atoms with Gasteiger partial charge in [0.1, 0.15) is 17.1 Å². The molecule has 0 fully saturated rings. The summed E-state index contributed by atoms with van der Waals surface area (Å²) in [5.41, 5.74) is 1.74. The van der Waals surface area contributed by atoms with Gasteiger partial charge in [0.15, 0.2) is 5.76 Å². The van der Waals surface area contributed by atoms with E-state index in [0.29, 0.717) is 0 Å². The number of nitrogens with one attached hydrogen (secondary N) is 1. The summed E-state index contributed by atoms with van der Waals surface area (Å²) in [5.74, 6) is 1.67.